The Kier molecular flexibility index (Phi) is 3.54. The molecule has 1 fully saturated rings. The summed E-state index contributed by atoms with van der Waals surface area (Å²) in [5.41, 5.74) is 9.00. The maximum atomic E-state index is 11.9. The van der Waals surface area contributed by atoms with E-state index in [2.05, 4.69) is 15.9 Å². The minimum atomic E-state index is 0.155. The van der Waals surface area contributed by atoms with Crippen LogP contribution in [-0.2, 0) is 4.79 Å². The molecule has 0 bridgehead atoms. The zero-order valence-electron chi connectivity index (χ0n) is 10.2. The predicted molar refractivity (Wildman–Crippen MR) is 73.2 cm³/mol. The molecule has 1 heterocycles. The van der Waals surface area contributed by atoms with Crippen LogP contribution in [0.2, 0.25) is 0 Å². The molecule has 1 aromatic carbocycles. The summed E-state index contributed by atoms with van der Waals surface area (Å²) in [5.74, 6) is 0.182. The molecule has 1 unspecified atom stereocenters. The van der Waals surface area contributed by atoms with Gasteiger partial charge in [0.1, 0.15) is 0 Å². The maximum Gasteiger partial charge on any atom is 0.227 e. The average molecular weight is 297 g/mol. The Hall–Kier alpha value is -0.870. The second-order valence-electron chi connectivity index (χ2n) is 4.59. The maximum absolute atomic E-state index is 11.9. The molecular formula is C13H17BrN2O. The molecule has 1 amide bonds. The van der Waals surface area contributed by atoms with Crippen LogP contribution < -0.4 is 10.6 Å². The highest BCUT2D eigenvalue weighted by molar-refractivity contribution is 9.10. The van der Waals surface area contributed by atoms with Crippen molar-refractivity contribution in [1.82, 2.24) is 0 Å². The first-order valence-corrected chi connectivity index (χ1v) is 6.62. The van der Waals surface area contributed by atoms with Crippen LogP contribution in [0.1, 0.15) is 24.0 Å². The number of nitrogens with zero attached hydrogens (tertiary/aromatic N) is 1. The zero-order chi connectivity index (χ0) is 12.6. The number of rotatable bonds is 2. The van der Waals surface area contributed by atoms with Crippen molar-refractivity contribution >= 4 is 27.5 Å². The van der Waals surface area contributed by atoms with Gasteiger partial charge in [-0.2, -0.15) is 0 Å². The first kappa shape index (κ1) is 12.6. The lowest BCUT2D eigenvalue weighted by atomic mass is 10.1. The molecule has 0 spiro atoms. The number of carbonyl (C=O) groups is 1. The molecule has 1 aromatic rings. The Morgan fingerprint density at radius 3 is 2.53 bits per heavy atom. The first-order chi connectivity index (χ1) is 8.04. The lowest BCUT2D eigenvalue weighted by Crippen LogP contribution is -2.38. The largest absolute Gasteiger partial charge is 0.328 e. The quantitative estimate of drug-likeness (QED) is 0.911. The highest BCUT2D eigenvalue weighted by Gasteiger charge is 2.31. The molecule has 0 aromatic heterocycles. The minimum absolute atomic E-state index is 0.155. The Labute approximate surface area is 110 Å². The highest BCUT2D eigenvalue weighted by Crippen LogP contribution is 2.31. The number of anilines is 1. The lowest BCUT2D eigenvalue weighted by molar-refractivity contribution is -0.117. The number of nitrogens with two attached hydrogens (primary N) is 1. The third-order valence-corrected chi connectivity index (χ3v) is 4.55. The third-order valence-electron chi connectivity index (χ3n) is 3.30. The molecule has 2 N–H and O–H groups in total. The van der Waals surface area contributed by atoms with Crippen LogP contribution in [-0.4, -0.2) is 18.5 Å². The van der Waals surface area contributed by atoms with E-state index < -0.39 is 0 Å². The lowest BCUT2D eigenvalue weighted by Gasteiger charge is -2.25. The van der Waals surface area contributed by atoms with Gasteiger partial charge in [0.05, 0.1) is 0 Å². The molecule has 3 nitrogen and oxygen atoms in total. The summed E-state index contributed by atoms with van der Waals surface area (Å²) in [6.45, 7) is 4.61. The minimum Gasteiger partial charge on any atom is -0.328 e. The van der Waals surface area contributed by atoms with E-state index in [1.165, 1.54) is 0 Å². The van der Waals surface area contributed by atoms with E-state index in [9.17, 15) is 4.79 Å². The normalized spacial score (nSPS) is 20.1. The summed E-state index contributed by atoms with van der Waals surface area (Å²) in [6, 6.07) is 4.24. The van der Waals surface area contributed by atoms with Crippen LogP contribution in [0.5, 0.6) is 0 Å². The van der Waals surface area contributed by atoms with E-state index in [1.807, 2.05) is 30.9 Å². The summed E-state index contributed by atoms with van der Waals surface area (Å²) >= 11 is 3.54. The van der Waals surface area contributed by atoms with Crippen LogP contribution in [0.25, 0.3) is 0 Å². The van der Waals surface area contributed by atoms with E-state index in [-0.39, 0.29) is 11.9 Å². The Balaban J connectivity index is 2.42. The smallest absolute Gasteiger partial charge is 0.227 e. The fraction of sp³-hybridized carbons (Fsp3) is 0.462. The summed E-state index contributed by atoms with van der Waals surface area (Å²) in [5, 5.41) is 0. The van der Waals surface area contributed by atoms with Gasteiger partial charge in [0.2, 0.25) is 5.91 Å². The van der Waals surface area contributed by atoms with E-state index in [4.69, 9.17) is 5.73 Å². The molecule has 1 saturated heterocycles. The van der Waals surface area contributed by atoms with Crippen LogP contribution in [0.15, 0.2) is 16.6 Å². The number of carbonyl (C=O) groups excluding carboxylic acids is 1. The van der Waals surface area contributed by atoms with Crippen molar-refractivity contribution in [3.63, 3.8) is 0 Å². The highest BCUT2D eigenvalue weighted by atomic mass is 79.9. The average Bonchev–Trinajstić information content (AvgIpc) is 2.66. The van der Waals surface area contributed by atoms with Gasteiger partial charge in [-0.25, -0.2) is 0 Å². The van der Waals surface area contributed by atoms with E-state index in [0.717, 1.165) is 27.7 Å². The van der Waals surface area contributed by atoms with Crippen molar-refractivity contribution in [1.29, 1.82) is 0 Å². The summed E-state index contributed by atoms with van der Waals surface area (Å²) < 4.78 is 1.11. The van der Waals surface area contributed by atoms with Gasteiger partial charge in [-0.1, -0.05) is 15.9 Å². The van der Waals surface area contributed by atoms with Gasteiger partial charge in [-0.15, -0.1) is 0 Å². The van der Waals surface area contributed by atoms with Gasteiger partial charge in [-0.05, 0) is 43.5 Å². The van der Waals surface area contributed by atoms with E-state index in [0.29, 0.717) is 13.0 Å². The molecule has 4 heteroatoms. The van der Waals surface area contributed by atoms with Crippen molar-refractivity contribution in [3.8, 4) is 0 Å². The van der Waals surface area contributed by atoms with Gasteiger partial charge in [-0.3, -0.25) is 4.79 Å². The summed E-state index contributed by atoms with van der Waals surface area (Å²) in [6.07, 6.45) is 1.47. The Bertz CT molecular complexity index is 436. The SMILES string of the molecule is Cc1cc(N2C(=O)CCC2CN)cc(C)c1Br. The number of hydrogen-bond acceptors (Lipinski definition) is 2. The van der Waals surface area contributed by atoms with Crippen molar-refractivity contribution in [2.24, 2.45) is 5.73 Å². The Morgan fingerprint density at radius 2 is 2.00 bits per heavy atom. The molecule has 1 aliphatic heterocycles. The molecule has 0 radical (unpaired) electrons. The number of halogens is 1. The van der Waals surface area contributed by atoms with Crippen molar-refractivity contribution in [2.45, 2.75) is 32.7 Å². The molecule has 2 rings (SSSR count). The van der Waals surface area contributed by atoms with Crippen LogP contribution in [0.4, 0.5) is 5.69 Å². The molecule has 1 atom stereocenters. The molecular weight excluding hydrogens is 280 g/mol. The van der Waals surface area contributed by atoms with E-state index in [1.54, 1.807) is 0 Å². The fourth-order valence-corrected chi connectivity index (χ4v) is 2.61. The summed E-state index contributed by atoms with van der Waals surface area (Å²) in [7, 11) is 0. The monoisotopic (exact) mass is 296 g/mol. The molecule has 0 saturated carbocycles. The van der Waals surface area contributed by atoms with Gasteiger partial charge in [0.25, 0.3) is 0 Å². The first-order valence-electron chi connectivity index (χ1n) is 5.83. The van der Waals surface area contributed by atoms with Crippen molar-refractivity contribution < 1.29 is 4.79 Å². The number of hydrogen-bond donors (Lipinski definition) is 1. The predicted octanol–water partition coefficient (Wildman–Crippen LogP) is 2.52. The molecule has 17 heavy (non-hydrogen) atoms. The van der Waals surface area contributed by atoms with Crippen LogP contribution in [0.3, 0.4) is 0 Å². The Morgan fingerprint density at radius 1 is 1.41 bits per heavy atom. The summed E-state index contributed by atoms with van der Waals surface area (Å²) in [4.78, 5) is 13.8. The zero-order valence-corrected chi connectivity index (χ0v) is 11.8. The van der Waals surface area contributed by atoms with E-state index >= 15 is 0 Å². The molecule has 0 aliphatic carbocycles. The number of amides is 1. The molecule has 1 aliphatic rings. The topological polar surface area (TPSA) is 46.3 Å². The number of benzene rings is 1. The van der Waals surface area contributed by atoms with Gasteiger partial charge >= 0.3 is 0 Å². The van der Waals surface area contributed by atoms with Gasteiger partial charge in [0, 0.05) is 29.2 Å². The number of aryl methyl sites for hydroxylation is 2. The fourth-order valence-electron chi connectivity index (χ4n) is 2.38. The third kappa shape index (κ3) is 2.24. The van der Waals surface area contributed by atoms with Crippen LogP contribution in [0, 0.1) is 13.8 Å². The van der Waals surface area contributed by atoms with Gasteiger partial charge in [0.15, 0.2) is 0 Å². The second kappa shape index (κ2) is 4.78. The van der Waals surface area contributed by atoms with Crippen LogP contribution >= 0.6 is 15.9 Å². The second-order valence-corrected chi connectivity index (χ2v) is 5.38. The van der Waals surface area contributed by atoms with Crippen molar-refractivity contribution in [2.75, 3.05) is 11.4 Å². The van der Waals surface area contributed by atoms with Gasteiger partial charge < -0.3 is 10.6 Å². The molecule has 92 valence electrons. The standard InChI is InChI=1S/C13H17BrN2O/c1-8-5-11(6-9(2)13(8)14)16-10(7-15)3-4-12(16)17/h5-6,10H,3-4,7,15H2,1-2H3. The van der Waals surface area contributed by atoms with Crippen molar-refractivity contribution in [3.05, 3.63) is 27.7 Å².